The molecule has 0 saturated heterocycles. The van der Waals surface area contributed by atoms with Crippen LogP contribution in [0.2, 0.25) is 0 Å². The van der Waals surface area contributed by atoms with Crippen molar-refractivity contribution in [1.29, 1.82) is 0 Å². The number of carbonyl (C=O) groups is 2. The Bertz CT molecular complexity index is 7880. The summed E-state index contributed by atoms with van der Waals surface area (Å²) in [6, 6.07) is 43.0. The molecule has 34 nitrogen and oxygen atoms in total. The van der Waals surface area contributed by atoms with Gasteiger partial charge in [0.15, 0.2) is 0 Å². The molecule has 728 valence electrons. The van der Waals surface area contributed by atoms with Crippen molar-refractivity contribution in [1.82, 2.24) is 126 Å². The molecule has 0 radical (unpaired) electrons. The normalized spacial score (nSPS) is 13.2. The summed E-state index contributed by atoms with van der Waals surface area (Å²) in [6.07, 6.45) is 21.5. The minimum Gasteiger partial charge on any atom is -0.444 e. The van der Waals surface area contributed by atoms with Crippen molar-refractivity contribution in [2.24, 2.45) is 21.1 Å². The van der Waals surface area contributed by atoms with E-state index in [1.165, 1.54) is 16.5 Å². The zero-order valence-corrected chi connectivity index (χ0v) is 84.0. The van der Waals surface area contributed by atoms with Gasteiger partial charge in [-0.25, -0.2) is 47.5 Å². The van der Waals surface area contributed by atoms with Gasteiger partial charge in [-0.1, -0.05) is 47.6 Å². The number of amides is 2. The predicted octanol–water partition coefficient (Wildman–Crippen LogP) is 16.3. The lowest BCUT2D eigenvalue weighted by Gasteiger charge is -2.29. The number of hydrogen-bond donors (Lipinski definition) is 4. The number of halogens is 3. The van der Waals surface area contributed by atoms with Crippen molar-refractivity contribution < 1.29 is 19.1 Å². The maximum absolute atomic E-state index is 14.0. The number of H-pyrrole nitrogens is 2. The van der Waals surface area contributed by atoms with E-state index in [-0.39, 0.29) is 67.2 Å². The minimum atomic E-state index is -0.604. The van der Waals surface area contributed by atoms with Crippen molar-refractivity contribution in [3.63, 3.8) is 0 Å². The SMILES string of the molecule is C.Cc1cc(C)cc(-n2nc3c(c2-n2cc[nH]c2=O)CN(C(=O)OC(C)(C)C)CC3)c1.Cc1cc(C)cc(-n2nc3c(c2-n2cc[nH]c2=O)CNCC3)c1.Cc1cc(C)cc(-n2nc3c(c2-n2ccn(-c4ccc5c(cnn5C)c4)c2=O)CN(C(=O)OC(C)(C)C)CC3)c1.Cc1cc(C)cc(-n2nc3c(c2-n2ccn(-c4ccc5c(cnn5C)c4)c2=O)CNCC3)c1.Cl.Cl.Cn1ncc2cc(Br)ccc21. The highest BCUT2D eigenvalue weighted by molar-refractivity contribution is 9.10. The van der Waals surface area contributed by atoms with Crippen LogP contribution >= 0.6 is 40.7 Å². The van der Waals surface area contributed by atoms with E-state index in [2.05, 4.69) is 146 Å². The van der Waals surface area contributed by atoms with Gasteiger partial charge in [0.05, 0.1) is 105 Å². The van der Waals surface area contributed by atoms with Crippen LogP contribution in [0, 0.1) is 55.4 Å². The lowest BCUT2D eigenvalue weighted by molar-refractivity contribution is 0.0213. The van der Waals surface area contributed by atoms with Crippen molar-refractivity contribution in [3.05, 3.63) is 332 Å². The van der Waals surface area contributed by atoms with Gasteiger partial charge < -0.3 is 39.9 Å². The molecule has 0 spiro atoms. The third-order valence-corrected chi connectivity index (χ3v) is 24.9. The molecular weight excluding hydrogens is 1880 g/mol. The van der Waals surface area contributed by atoms with E-state index in [1.807, 2.05) is 199 Å². The zero-order valence-electron chi connectivity index (χ0n) is 80.8. The number of benzene rings is 7. The van der Waals surface area contributed by atoms with E-state index < -0.39 is 11.2 Å². The van der Waals surface area contributed by atoms with Crippen molar-refractivity contribution in [2.75, 3.05) is 26.2 Å². The van der Waals surface area contributed by atoms with Gasteiger partial charge >= 0.3 is 34.9 Å². The first kappa shape index (κ1) is 99.8. The lowest BCUT2D eigenvalue weighted by atomic mass is 10.1. The lowest BCUT2D eigenvalue weighted by Crippen LogP contribution is -2.40. The van der Waals surface area contributed by atoms with E-state index >= 15 is 0 Å². The van der Waals surface area contributed by atoms with Gasteiger partial charge in [0.2, 0.25) is 0 Å². The second kappa shape index (κ2) is 40.4. The van der Waals surface area contributed by atoms with Gasteiger partial charge in [0.1, 0.15) is 34.5 Å². The van der Waals surface area contributed by atoms with Crippen LogP contribution in [0.3, 0.4) is 0 Å². The van der Waals surface area contributed by atoms with E-state index in [0.29, 0.717) is 57.2 Å². The molecule has 0 bridgehead atoms. The largest absolute Gasteiger partial charge is 0.444 e. The number of fused-ring (bicyclic) bond motifs is 7. The number of aromatic amines is 2. The van der Waals surface area contributed by atoms with Crippen LogP contribution in [0.15, 0.2) is 219 Å². The van der Waals surface area contributed by atoms with Gasteiger partial charge in [0.25, 0.3) is 0 Å². The number of carbonyl (C=O) groups excluding carboxylic acids is 2. The Morgan fingerprint density at radius 3 is 0.993 bits per heavy atom. The van der Waals surface area contributed by atoms with Crippen LogP contribution in [0.1, 0.15) is 139 Å². The third kappa shape index (κ3) is 20.6. The quantitative estimate of drug-likeness (QED) is 0.0988. The summed E-state index contributed by atoms with van der Waals surface area (Å²) in [7, 11) is 5.74. The smallest absolute Gasteiger partial charge is 0.410 e. The molecule has 15 heterocycles. The maximum atomic E-state index is 14.0. The van der Waals surface area contributed by atoms with Crippen molar-refractivity contribution in [2.45, 2.75) is 167 Å². The van der Waals surface area contributed by atoms with Crippen LogP contribution < -0.4 is 33.4 Å². The van der Waals surface area contributed by atoms with Gasteiger partial charge in [-0.15, -0.1) is 24.8 Å². The molecule has 0 fully saturated rings. The second-order valence-electron chi connectivity index (χ2n) is 37.6. The van der Waals surface area contributed by atoms with E-state index in [0.717, 1.165) is 188 Å². The maximum Gasteiger partial charge on any atom is 0.410 e. The molecular formula is C103H117BrCl2N26O8. The molecule has 0 aliphatic carbocycles. The summed E-state index contributed by atoms with van der Waals surface area (Å²) >= 11 is 3.40. The predicted molar refractivity (Wildman–Crippen MR) is 552 cm³/mol. The van der Waals surface area contributed by atoms with Crippen LogP contribution in [-0.2, 0) is 82.5 Å². The Kier molecular flexibility index (Phi) is 28.8. The highest BCUT2D eigenvalue weighted by Crippen LogP contribution is 2.35. The number of hydrogen-bond acceptors (Lipinski definition) is 17. The van der Waals surface area contributed by atoms with Crippen molar-refractivity contribution in [3.8, 4) is 57.4 Å². The standard InChI is InChI=1S/C30H33N7O3.C25H25N7O.C22H27N5O3.C17H19N5O.C8H7BrN2.CH4.2ClH/c1-19-13-20(2)15-23(14-19)37-27(24-18-34(10-9-25(24)32-37)29(39)40-30(3,4)5)36-12-11-35(28(36)38)22-7-8-26-21(16-22)17-31-33(26)6;1-16-10-17(2)12-20(11-16)32-24(21-15-26-7-6-22(21)28-32)31-9-8-30(25(31)33)19-4-5-23-18(13-19)14-27-29(23)3;1-14-10-15(2)12-16(11-14)27-19(26-9-7-23-20(26)28)17-13-25(8-6-18(17)24-27)21(29)30-22(3,4)5;1-11-7-12(2)9-13(8-11)22-16(21-6-5-19-17(21)23)14-10-18-4-3-15(14)20-22;1-11-8-3-2-7(9)4-6(8)5-10-11;;;/h7-8,11-17H,9-10,18H2,1-6H3;4-5,8-14,26H,6-7,15H2,1-3H3;7,9-12H,6,8,13H2,1-5H3,(H,23,28);5-9,18H,3-4,10H2,1-2H3,(H,19,23);2-5H,1H3;1H4;2*1H. The summed E-state index contributed by atoms with van der Waals surface area (Å²) in [4.78, 5) is 86.7. The highest BCUT2D eigenvalue weighted by atomic mass is 79.9. The van der Waals surface area contributed by atoms with Gasteiger partial charge in [-0.05, 0) is 245 Å². The Labute approximate surface area is 829 Å². The molecule has 2 amide bonds. The molecule has 22 rings (SSSR count). The topological polar surface area (TPSA) is 337 Å². The number of ether oxygens (including phenoxy) is 2. The number of rotatable bonds is 10. The van der Waals surface area contributed by atoms with Gasteiger partial charge in [0, 0.05) is 179 Å². The number of aryl methyl sites for hydroxylation is 11. The van der Waals surface area contributed by atoms with E-state index in [9.17, 15) is 28.8 Å². The molecule has 11 aromatic heterocycles. The van der Waals surface area contributed by atoms with Crippen LogP contribution in [0.4, 0.5) is 9.59 Å². The molecule has 4 aliphatic rings. The van der Waals surface area contributed by atoms with Crippen LogP contribution in [-0.4, -0.2) is 165 Å². The van der Waals surface area contributed by atoms with Crippen LogP contribution in [0.5, 0.6) is 0 Å². The summed E-state index contributed by atoms with van der Waals surface area (Å²) in [5, 5.41) is 42.2. The summed E-state index contributed by atoms with van der Waals surface area (Å²) in [5.41, 5.74) is 23.3. The minimum absolute atomic E-state index is 0. The highest BCUT2D eigenvalue weighted by Gasteiger charge is 2.36. The third-order valence-electron chi connectivity index (χ3n) is 24.4. The Hall–Kier alpha value is -14.7. The number of nitrogens with zero attached hydrogens (tertiary/aromatic N) is 22. The molecule has 18 aromatic rings. The first-order valence-electron chi connectivity index (χ1n) is 45.7. The van der Waals surface area contributed by atoms with Gasteiger partial charge in [-0.2, -0.15) is 35.7 Å². The van der Waals surface area contributed by atoms with Gasteiger partial charge in [-0.3, -0.25) is 41.4 Å². The van der Waals surface area contributed by atoms with Crippen LogP contribution in [0.25, 0.3) is 90.1 Å². The molecule has 4 N–H and O–H groups in total. The molecule has 0 saturated carbocycles. The molecule has 140 heavy (non-hydrogen) atoms. The molecule has 0 atom stereocenters. The Morgan fingerprint density at radius 2 is 0.664 bits per heavy atom. The fraction of sp³-hybridized carbons (Fsp3) is 0.311. The summed E-state index contributed by atoms with van der Waals surface area (Å²) < 4.78 is 35.1. The summed E-state index contributed by atoms with van der Waals surface area (Å²) in [5.74, 6) is 2.89. The molecule has 0 unspecified atom stereocenters. The summed E-state index contributed by atoms with van der Waals surface area (Å²) in [6.45, 7) is 32.4. The average Bonchev–Trinajstić information content (AvgIpc) is 1.59. The molecule has 4 aliphatic heterocycles. The fourth-order valence-electron chi connectivity index (χ4n) is 18.4. The van der Waals surface area contributed by atoms with E-state index in [1.54, 1.807) is 89.9 Å². The fourth-order valence-corrected chi connectivity index (χ4v) is 18.8. The average molecular weight is 2000 g/mol. The number of imidazole rings is 4. The van der Waals surface area contributed by atoms with Crippen molar-refractivity contribution >= 4 is 85.6 Å². The Balaban J connectivity index is 0.000000137. The van der Waals surface area contributed by atoms with E-state index in [4.69, 9.17) is 29.9 Å². The Morgan fingerprint density at radius 1 is 0.364 bits per heavy atom. The monoisotopic (exact) mass is 1990 g/mol. The molecule has 7 aromatic carbocycles. The number of aromatic nitrogens is 22. The second-order valence-corrected chi connectivity index (χ2v) is 38.5. The first-order chi connectivity index (χ1) is 65.5. The first-order valence-corrected chi connectivity index (χ1v) is 46.5. The zero-order chi connectivity index (χ0) is 96.5. The molecule has 37 heteroatoms. The number of nitrogens with one attached hydrogen (secondary N) is 4.